The van der Waals surface area contributed by atoms with Gasteiger partial charge in [0.1, 0.15) is 0 Å². The molecule has 0 radical (unpaired) electrons. The van der Waals surface area contributed by atoms with Gasteiger partial charge in [-0.1, -0.05) is 31.0 Å². The zero-order valence-corrected chi connectivity index (χ0v) is 14.0. The molecule has 0 N–H and O–H groups in total. The second-order valence-corrected chi connectivity index (χ2v) is 6.07. The number of hydrogen-bond donors (Lipinski definition) is 0. The van der Waals surface area contributed by atoms with Crippen molar-refractivity contribution in [1.29, 1.82) is 0 Å². The number of hydrogen-bond acceptors (Lipinski definition) is 5. The fourth-order valence-corrected chi connectivity index (χ4v) is 2.88. The molecule has 0 saturated carbocycles. The number of halogens is 3. The summed E-state index contributed by atoms with van der Waals surface area (Å²) in [4.78, 5) is 13.8. The van der Waals surface area contributed by atoms with Crippen LogP contribution in [0.2, 0.25) is 0 Å². The Labute approximate surface area is 148 Å². The van der Waals surface area contributed by atoms with Gasteiger partial charge in [0, 0.05) is 19.3 Å². The lowest BCUT2D eigenvalue weighted by atomic mass is 10.1. The van der Waals surface area contributed by atoms with Crippen LogP contribution < -0.4 is 0 Å². The lowest BCUT2D eigenvalue weighted by Gasteiger charge is -2.19. The molecule has 2 heterocycles. The summed E-state index contributed by atoms with van der Waals surface area (Å²) in [6.45, 7) is 1.20. The summed E-state index contributed by atoms with van der Waals surface area (Å²) < 4.78 is 40.7. The van der Waals surface area contributed by atoms with E-state index in [2.05, 4.69) is 15.5 Å². The van der Waals surface area contributed by atoms with Crippen molar-refractivity contribution in [2.75, 3.05) is 13.1 Å². The lowest BCUT2D eigenvalue weighted by Crippen LogP contribution is -2.28. The first-order chi connectivity index (χ1) is 12.5. The maximum Gasteiger partial charge on any atom is 0.455 e. The molecule has 26 heavy (non-hydrogen) atoms. The van der Waals surface area contributed by atoms with Gasteiger partial charge >= 0.3 is 6.18 Å². The van der Waals surface area contributed by atoms with Crippen LogP contribution in [-0.4, -0.2) is 50.2 Å². The fourth-order valence-electron chi connectivity index (χ4n) is 2.88. The molecule has 0 unspecified atom stereocenters. The third-order valence-corrected chi connectivity index (χ3v) is 4.17. The smallest absolute Gasteiger partial charge is 0.377 e. The van der Waals surface area contributed by atoms with Gasteiger partial charge in [-0.3, -0.25) is 4.79 Å². The number of tetrazole rings is 1. The molecule has 1 aromatic carbocycles. The van der Waals surface area contributed by atoms with Crippen molar-refractivity contribution in [2.45, 2.75) is 31.9 Å². The maximum atomic E-state index is 13.2. The normalized spacial score (nSPS) is 16.4. The molecule has 2 aromatic rings. The highest BCUT2D eigenvalue weighted by atomic mass is 19.4. The van der Waals surface area contributed by atoms with Crippen LogP contribution in [0.1, 0.15) is 31.5 Å². The van der Waals surface area contributed by atoms with Crippen molar-refractivity contribution in [3.05, 3.63) is 42.4 Å². The van der Waals surface area contributed by atoms with Gasteiger partial charge in [-0.2, -0.15) is 17.9 Å². The van der Waals surface area contributed by atoms with Crippen molar-refractivity contribution in [3.63, 3.8) is 0 Å². The first kappa shape index (κ1) is 18.1. The molecule has 1 saturated heterocycles. The summed E-state index contributed by atoms with van der Waals surface area (Å²) in [6.07, 6.45) is 0.0297. The highest BCUT2D eigenvalue weighted by Crippen LogP contribution is 2.27. The average Bonchev–Trinajstić information content (AvgIpc) is 2.96. The van der Waals surface area contributed by atoms with Gasteiger partial charge < -0.3 is 4.90 Å². The van der Waals surface area contributed by atoms with Gasteiger partial charge in [-0.25, -0.2) is 0 Å². The Hall–Kier alpha value is -2.71. The Morgan fingerprint density at radius 1 is 1.04 bits per heavy atom. The number of allylic oxidation sites excluding steroid dienone is 1. The fraction of sp³-hybridized carbons (Fsp3) is 0.412. The van der Waals surface area contributed by atoms with Crippen LogP contribution in [0.5, 0.6) is 0 Å². The Balaban J connectivity index is 2.05. The molecule has 0 spiro atoms. The molecule has 9 heteroatoms. The number of alkyl halides is 3. The number of benzene rings is 1. The highest BCUT2D eigenvalue weighted by molar-refractivity contribution is 6.22. The summed E-state index contributed by atoms with van der Waals surface area (Å²) in [5, 5.41) is 10.9. The zero-order valence-electron chi connectivity index (χ0n) is 14.0. The van der Waals surface area contributed by atoms with E-state index in [4.69, 9.17) is 0 Å². The molecule has 0 bridgehead atoms. The van der Waals surface area contributed by atoms with Crippen molar-refractivity contribution in [1.82, 2.24) is 25.1 Å². The first-order valence-corrected chi connectivity index (χ1v) is 8.38. The van der Waals surface area contributed by atoms with Crippen LogP contribution >= 0.6 is 0 Å². The topological polar surface area (TPSA) is 63.9 Å². The second-order valence-electron chi connectivity index (χ2n) is 6.07. The van der Waals surface area contributed by atoms with Crippen molar-refractivity contribution >= 4 is 11.4 Å². The molecule has 138 valence electrons. The number of para-hydroxylation sites is 1. The molecule has 1 aromatic heterocycles. The van der Waals surface area contributed by atoms with E-state index in [1.807, 2.05) is 0 Å². The standard InChI is InChI=1S/C17H18F3N5O/c18-17(19,20)15(26)14(12-24-10-6-1-2-7-11-24)16-21-22-23-25(16)13-8-4-3-5-9-13/h3-5,8-9,12H,1-2,6-7,10-11H2/b14-12-. The van der Waals surface area contributed by atoms with E-state index in [0.29, 0.717) is 18.8 Å². The molecule has 1 aliphatic heterocycles. The second kappa shape index (κ2) is 7.67. The van der Waals surface area contributed by atoms with Crippen molar-refractivity contribution < 1.29 is 18.0 Å². The highest BCUT2D eigenvalue weighted by Gasteiger charge is 2.43. The number of Topliss-reactive ketones (excluding diaryl/α,β-unsaturated/α-hetero) is 1. The SMILES string of the molecule is O=C(/C(=C/N1CCCCCC1)c1nnnn1-c1ccccc1)C(F)(F)F. The third-order valence-electron chi connectivity index (χ3n) is 4.17. The van der Waals surface area contributed by atoms with Crippen LogP contribution in [0.15, 0.2) is 36.5 Å². The molecule has 3 rings (SSSR count). The monoisotopic (exact) mass is 365 g/mol. The molecule has 6 nitrogen and oxygen atoms in total. The van der Waals surface area contributed by atoms with Crippen LogP contribution in [0.4, 0.5) is 13.2 Å². The number of carbonyl (C=O) groups is 1. The molecule has 1 fully saturated rings. The predicted molar refractivity (Wildman–Crippen MR) is 88.2 cm³/mol. The van der Waals surface area contributed by atoms with E-state index in [1.54, 1.807) is 35.2 Å². The molecular formula is C17H18F3N5O. The van der Waals surface area contributed by atoms with Gasteiger partial charge in [-0.05, 0) is 35.4 Å². The minimum Gasteiger partial charge on any atom is -0.377 e. The van der Waals surface area contributed by atoms with Gasteiger partial charge in [-0.15, -0.1) is 5.10 Å². The van der Waals surface area contributed by atoms with Gasteiger partial charge in [0.2, 0.25) is 0 Å². The zero-order chi connectivity index (χ0) is 18.6. The van der Waals surface area contributed by atoms with Crippen LogP contribution in [0.25, 0.3) is 11.3 Å². The average molecular weight is 365 g/mol. The minimum atomic E-state index is -5.01. The van der Waals surface area contributed by atoms with Gasteiger partial charge in [0.25, 0.3) is 5.78 Å². The van der Waals surface area contributed by atoms with Crippen LogP contribution in [-0.2, 0) is 4.79 Å². The van der Waals surface area contributed by atoms with E-state index in [9.17, 15) is 18.0 Å². The van der Waals surface area contributed by atoms with E-state index in [-0.39, 0.29) is 5.82 Å². The Kier molecular flexibility index (Phi) is 5.34. The Bertz CT molecular complexity index is 777. The van der Waals surface area contributed by atoms with E-state index in [0.717, 1.165) is 30.4 Å². The van der Waals surface area contributed by atoms with Gasteiger partial charge in [0.15, 0.2) is 5.82 Å². The number of likely N-dealkylation sites (tertiary alicyclic amines) is 1. The van der Waals surface area contributed by atoms with Crippen molar-refractivity contribution in [2.24, 2.45) is 0 Å². The number of aromatic nitrogens is 4. The third kappa shape index (κ3) is 4.09. The molecular weight excluding hydrogens is 347 g/mol. The van der Waals surface area contributed by atoms with E-state index in [1.165, 1.54) is 6.20 Å². The summed E-state index contributed by atoms with van der Waals surface area (Å²) >= 11 is 0. The van der Waals surface area contributed by atoms with Crippen molar-refractivity contribution in [3.8, 4) is 5.69 Å². The van der Waals surface area contributed by atoms with E-state index >= 15 is 0 Å². The van der Waals surface area contributed by atoms with Gasteiger partial charge in [0.05, 0.1) is 11.3 Å². The summed E-state index contributed by atoms with van der Waals surface area (Å²) in [5.41, 5.74) is -0.0718. The minimum absolute atomic E-state index is 0.220. The predicted octanol–water partition coefficient (Wildman–Crippen LogP) is 3.01. The van der Waals surface area contributed by atoms with Crippen LogP contribution in [0.3, 0.4) is 0 Å². The number of carbonyl (C=O) groups excluding carboxylic acids is 1. The maximum absolute atomic E-state index is 13.2. The summed E-state index contributed by atoms with van der Waals surface area (Å²) in [7, 11) is 0. The molecule has 0 aliphatic carbocycles. The Morgan fingerprint density at radius 3 is 2.31 bits per heavy atom. The number of ketones is 1. The lowest BCUT2D eigenvalue weighted by molar-refractivity contribution is -0.164. The summed E-state index contributed by atoms with van der Waals surface area (Å²) in [6, 6.07) is 8.50. The van der Waals surface area contributed by atoms with E-state index < -0.39 is 17.5 Å². The first-order valence-electron chi connectivity index (χ1n) is 8.38. The quantitative estimate of drug-likeness (QED) is 0.780. The number of nitrogens with zero attached hydrogens (tertiary/aromatic N) is 5. The Morgan fingerprint density at radius 2 is 1.69 bits per heavy atom. The largest absolute Gasteiger partial charge is 0.455 e. The molecule has 0 atom stereocenters. The summed E-state index contributed by atoms with van der Waals surface area (Å²) in [5.74, 6) is -2.17. The molecule has 0 amide bonds. The van der Waals surface area contributed by atoms with Crippen LogP contribution in [0, 0.1) is 0 Å². The number of rotatable bonds is 4. The molecule has 1 aliphatic rings.